The fourth-order valence-corrected chi connectivity index (χ4v) is 1.98. The average Bonchev–Trinajstić information content (AvgIpc) is 2.29. The highest BCUT2D eigenvalue weighted by Crippen LogP contribution is 2.24. The number of carboxylic acid groups (broad SMARTS) is 1. The molecule has 2 heterocycles. The lowest BCUT2D eigenvalue weighted by Crippen LogP contribution is -2.39. The second kappa shape index (κ2) is 4.58. The predicted octanol–water partition coefficient (Wildman–Crippen LogP) is 0.323. The van der Waals surface area contributed by atoms with Crippen molar-refractivity contribution in [3.05, 3.63) is 17.8 Å². The van der Waals surface area contributed by atoms with Gasteiger partial charge in [0.15, 0.2) is 11.5 Å². The molecule has 6 heteroatoms. The van der Waals surface area contributed by atoms with Gasteiger partial charge >= 0.3 is 5.97 Å². The number of carbonyl (C=O) groups is 1. The summed E-state index contributed by atoms with van der Waals surface area (Å²) in [5.74, 6) is -0.632. The highest BCUT2D eigenvalue weighted by atomic mass is 16.4. The van der Waals surface area contributed by atoms with Crippen molar-refractivity contribution in [3.8, 4) is 0 Å². The molecule has 0 radical (unpaired) electrons. The van der Waals surface area contributed by atoms with Crippen LogP contribution in [0.3, 0.4) is 0 Å². The number of hydrogen-bond donors (Lipinski definition) is 3. The molecule has 1 aliphatic heterocycles. The Morgan fingerprint density at radius 3 is 2.94 bits per heavy atom. The van der Waals surface area contributed by atoms with Crippen LogP contribution in [0.5, 0.6) is 0 Å². The van der Waals surface area contributed by atoms with Crippen molar-refractivity contribution >= 4 is 17.5 Å². The van der Waals surface area contributed by atoms with Crippen LogP contribution in [-0.4, -0.2) is 40.4 Å². The van der Waals surface area contributed by atoms with Crippen molar-refractivity contribution in [3.63, 3.8) is 0 Å². The van der Waals surface area contributed by atoms with Crippen molar-refractivity contribution in [1.29, 1.82) is 0 Å². The molecule has 1 aromatic heterocycles. The van der Waals surface area contributed by atoms with E-state index in [2.05, 4.69) is 4.98 Å². The first-order valence-electron chi connectivity index (χ1n) is 5.51. The number of aliphatic hydroxyl groups is 1. The molecule has 0 aliphatic carbocycles. The Balaban J connectivity index is 2.29. The molecule has 1 saturated heterocycles. The summed E-state index contributed by atoms with van der Waals surface area (Å²) in [6.07, 6.45) is 1.20. The van der Waals surface area contributed by atoms with Crippen LogP contribution in [0.4, 0.5) is 11.5 Å². The number of piperidine rings is 1. The van der Waals surface area contributed by atoms with Crippen LogP contribution < -0.4 is 10.6 Å². The van der Waals surface area contributed by atoms with E-state index >= 15 is 0 Å². The Bertz CT molecular complexity index is 436. The van der Waals surface area contributed by atoms with E-state index in [9.17, 15) is 9.90 Å². The maximum Gasteiger partial charge on any atom is 0.354 e. The molecular weight excluding hydrogens is 222 g/mol. The summed E-state index contributed by atoms with van der Waals surface area (Å²) in [5.41, 5.74) is 6.19. The molecule has 1 unspecified atom stereocenters. The van der Waals surface area contributed by atoms with Crippen LogP contribution in [-0.2, 0) is 0 Å². The van der Waals surface area contributed by atoms with Gasteiger partial charge in [-0.1, -0.05) is 0 Å². The zero-order valence-corrected chi connectivity index (χ0v) is 9.33. The number of anilines is 2. The molecule has 1 aromatic rings. The van der Waals surface area contributed by atoms with E-state index in [1.807, 2.05) is 4.90 Å². The maximum atomic E-state index is 10.8. The number of nitrogen functional groups attached to an aromatic ring is 1. The van der Waals surface area contributed by atoms with Crippen LogP contribution >= 0.6 is 0 Å². The first-order chi connectivity index (χ1) is 8.08. The average molecular weight is 237 g/mol. The van der Waals surface area contributed by atoms with Gasteiger partial charge in [-0.25, -0.2) is 9.78 Å². The van der Waals surface area contributed by atoms with Crippen LogP contribution in [0.1, 0.15) is 23.3 Å². The molecule has 0 bridgehead atoms. The van der Waals surface area contributed by atoms with E-state index in [1.54, 1.807) is 0 Å². The van der Waals surface area contributed by atoms with Gasteiger partial charge < -0.3 is 20.8 Å². The lowest BCUT2D eigenvalue weighted by Gasteiger charge is -2.31. The Hall–Kier alpha value is -1.82. The molecule has 1 fully saturated rings. The standard InChI is InChI=1S/C11H15N3O3/c12-8-3-4-9(11(16)17)13-10(8)14-5-1-2-7(15)6-14/h3-4,7,15H,1-2,5-6,12H2,(H,16,17). The third kappa shape index (κ3) is 2.47. The molecule has 0 amide bonds. The summed E-state index contributed by atoms with van der Waals surface area (Å²) >= 11 is 0. The van der Waals surface area contributed by atoms with E-state index in [-0.39, 0.29) is 5.69 Å². The molecule has 92 valence electrons. The van der Waals surface area contributed by atoms with Crippen molar-refractivity contribution < 1.29 is 15.0 Å². The van der Waals surface area contributed by atoms with Crippen LogP contribution in [0, 0.1) is 0 Å². The molecule has 6 nitrogen and oxygen atoms in total. The number of nitrogens with zero attached hydrogens (tertiary/aromatic N) is 2. The zero-order chi connectivity index (χ0) is 12.4. The predicted molar refractivity (Wildman–Crippen MR) is 63.1 cm³/mol. The van der Waals surface area contributed by atoms with E-state index in [1.165, 1.54) is 12.1 Å². The van der Waals surface area contributed by atoms with Gasteiger partial charge in [0.25, 0.3) is 0 Å². The molecule has 1 atom stereocenters. The van der Waals surface area contributed by atoms with Crippen LogP contribution in [0.25, 0.3) is 0 Å². The fraction of sp³-hybridized carbons (Fsp3) is 0.455. The number of aromatic nitrogens is 1. The molecule has 0 saturated carbocycles. The molecule has 4 N–H and O–H groups in total. The third-order valence-corrected chi connectivity index (χ3v) is 2.82. The van der Waals surface area contributed by atoms with Gasteiger partial charge in [-0.15, -0.1) is 0 Å². The summed E-state index contributed by atoms with van der Waals surface area (Å²) in [6.45, 7) is 1.18. The Kier molecular flexibility index (Phi) is 3.14. The van der Waals surface area contributed by atoms with Crippen molar-refractivity contribution in [1.82, 2.24) is 4.98 Å². The van der Waals surface area contributed by atoms with Crippen molar-refractivity contribution in [2.75, 3.05) is 23.7 Å². The van der Waals surface area contributed by atoms with E-state index < -0.39 is 12.1 Å². The summed E-state index contributed by atoms with van der Waals surface area (Å²) in [4.78, 5) is 16.7. The lowest BCUT2D eigenvalue weighted by atomic mass is 10.1. The minimum Gasteiger partial charge on any atom is -0.477 e. The topological polar surface area (TPSA) is 99.7 Å². The van der Waals surface area contributed by atoms with E-state index in [0.29, 0.717) is 18.1 Å². The largest absolute Gasteiger partial charge is 0.477 e. The Labute approximate surface area is 98.7 Å². The normalized spacial score (nSPS) is 20.3. The van der Waals surface area contributed by atoms with Gasteiger partial charge in [0, 0.05) is 13.1 Å². The quantitative estimate of drug-likeness (QED) is 0.685. The minimum atomic E-state index is -1.08. The number of aromatic carboxylic acids is 1. The number of rotatable bonds is 2. The highest BCUT2D eigenvalue weighted by molar-refractivity contribution is 5.87. The van der Waals surface area contributed by atoms with Gasteiger partial charge in [0.1, 0.15) is 0 Å². The number of carboxylic acids is 1. The number of pyridine rings is 1. The van der Waals surface area contributed by atoms with E-state index in [4.69, 9.17) is 10.8 Å². The lowest BCUT2D eigenvalue weighted by molar-refractivity contribution is 0.0690. The summed E-state index contributed by atoms with van der Waals surface area (Å²) in [6, 6.07) is 2.91. The Morgan fingerprint density at radius 2 is 2.29 bits per heavy atom. The first-order valence-corrected chi connectivity index (χ1v) is 5.51. The molecular formula is C11H15N3O3. The monoisotopic (exact) mass is 237 g/mol. The van der Waals surface area contributed by atoms with Crippen LogP contribution in [0.2, 0.25) is 0 Å². The molecule has 2 rings (SSSR count). The Morgan fingerprint density at radius 1 is 1.53 bits per heavy atom. The van der Waals surface area contributed by atoms with Gasteiger partial charge in [0.2, 0.25) is 0 Å². The molecule has 0 spiro atoms. The summed E-state index contributed by atoms with van der Waals surface area (Å²) in [7, 11) is 0. The number of nitrogens with two attached hydrogens (primary N) is 1. The van der Waals surface area contributed by atoms with Crippen molar-refractivity contribution in [2.24, 2.45) is 0 Å². The number of β-amino-alcohol motifs (C(OH)–C–C–N with tert-alkyl or cyclic N) is 1. The fourth-order valence-electron chi connectivity index (χ4n) is 1.98. The van der Waals surface area contributed by atoms with Gasteiger partial charge in [-0.2, -0.15) is 0 Å². The molecule has 0 aromatic carbocycles. The SMILES string of the molecule is Nc1ccc(C(=O)O)nc1N1CCCC(O)C1. The minimum absolute atomic E-state index is 0.0331. The van der Waals surface area contributed by atoms with Gasteiger partial charge in [-0.05, 0) is 25.0 Å². The van der Waals surface area contributed by atoms with Gasteiger partial charge in [0.05, 0.1) is 11.8 Å². The maximum absolute atomic E-state index is 10.8. The van der Waals surface area contributed by atoms with Crippen molar-refractivity contribution in [2.45, 2.75) is 18.9 Å². The van der Waals surface area contributed by atoms with Crippen LogP contribution in [0.15, 0.2) is 12.1 Å². The summed E-state index contributed by atoms with van der Waals surface area (Å²) in [5, 5.41) is 18.5. The smallest absolute Gasteiger partial charge is 0.354 e. The summed E-state index contributed by atoms with van der Waals surface area (Å²) < 4.78 is 0. The third-order valence-electron chi connectivity index (χ3n) is 2.82. The van der Waals surface area contributed by atoms with Gasteiger partial charge in [-0.3, -0.25) is 0 Å². The number of hydrogen-bond acceptors (Lipinski definition) is 5. The second-order valence-corrected chi connectivity index (χ2v) is 4.16. The molecule has 17 heavy (non-hydrogen) atoms. The zero-order valence-electron chi connectivity index (χ0n) is 9.33. The number of aliphatic hydroxyl groups excluding tert-OH is 1. The van der Waals surface area contributed by atoms with E-state index in [0.717, 1.165) is 19.4 Å². The molecule has 1 aliphatic rings. The highest BCUT2D eigenvalue weighted by Gasteiger charge is 2.21. The first kappa shape index (κ1) is 11.7. The second-order valence-electron chi connectivity index (χ2n) is 4.16.